The largest absolute Gasteiger partial charge is 0.496 e. The molecule has 0 spiro atoms. The zero-order valence-electron chi connectivity index (χ0n) is 14.4. The lowest BCUT2D eigenvalue weighted by Crippen LogP contribution is -2.46. The van der Waals surface area contributed by atoms with Crippen LogP contribution in [-0.4, -0.2) is 32.8 Å². The number of hydrogen-bond donors (Lipinski definition) is 1. The number of ether oxygens (including phenoxy) is 2. The van der Waals surface area contributed by atoms with Crippen LogP contribution in [0.3, 0.4) is 0 Å². The first kappa shape index (κ1) is 17.0. The molecule has 1 N–H and O–H groups in total. The van der Waals surface area contributed by atoms with E-state index in [0.29, 0.717) is 6.54 Å². The molecule has 1 fully saturated rings. The number of amides is 1. The highest BCUT2D eigenvalue weighted by Gasteiger charge is 2.37. The molecule has 24 heavy (non-hydrogen) atoms. The minimum atomic E-state index is -0.106. The number of carbonyl (C=O) groups excluding carboxylic acids is 1. The summed E-state index contributed by atoms with van der Waals surface area (Å²) in [6, 6.07) is 8.16. The molecule has 2 aliphatic rings. The Kier molecular flexibility index (Phi) is 5.56. The summed E-state index contributed by atoms with van der Waals surface area (Å²) < 4.78 is 11.2. The maximum absolute atomic E-state index is 12.6. The van der Waals surface area contributed by atoms with E-state index >= 15 is 0 Å². The molecule has 0 saturated carbocycles. The summed E-state index contributed by atoms with van der Waals surface area (Å²) in [5.41, 5.74) is 1.07. The predicted molar refractivity (Wildman–Crippen MR) is 94.2 cm³/mol. The fraction of sp³-hybridized carbons (Fsp3) is 0.550. The number of allylic oxidation sites excluding steroid dienone is 2. The molecule has 1 aromatic rings. The molecule has 1 amide bonds. The number of carbonyl (C=O) groups is 1. The van der Waals surface area contributed by atoms with Crippen molar-refractivity contribution in [1.29, 1.82) is 0 Å². The molecule has 3 rings (SSSR count). The number of nitrogens with one attached hydrogen (secondary N) is 1. The Morgan fingerprint density at radius 3 is 2.79 bits per heavy atom. The quantitative estimate of drug-likeness (QED) is 0.844. The minimum absolute atomic E-state index is 0.106. The van der Waals surface area contributed by atoms with Gasteiger partial charge in [-0.25, -0.2) is 0 Å². The van der Waals surface area contributed by atoms with Crippen LogP contribution in [0.4, 0.5) is 0 Å². The normalized spacial score (nSPS) is 22.8. The molecule has 1 heterocycles. The van der Waals surface area contributed by atoms with Crippen LogP contribution in [0.15, 0.2) is 36.4 Å². The van der Waals surface area contributed by atoms with Crippen LogP contribution in [0, 0.1) is 5.92 Å². The second-order valence-corrected chi connectivity index (χ2v) is 6.79. The van der Waals surface area contributed by atoms with Gasteiger partial charge >= 0.3 is 0 Å². The third-order valence-corrected chi connectivity index (χ3v) is 5.37. The van der Waals surface area contributed by atoms with Gasteiger partial charge in [-0.15, -0.1) is 0 Å². The van der Waals surface area contributed by atoms with E-state index in [4.69, 9.17) is 9.47 Å². The second kappa shape index (κ2) is 7.84. The third kappa shape index (κ3) is 3.64. The van der Waals surface area contributed by atoms with Crippen LogP contribution in [0.2, 0.25) is 0 Å². The van der Waals surface area contributed by atoms with Crippen LogP contribution in [0.1, 0.15) is 37.7 Å². The van der Waals surface area contributed by atoms with E-state index in [1.165, 1.54) is 5.56 Å². The van der Waals surface area contributed by atoms with Crippen molar-refractivity contribution in [2.45, 2.75) is 37.5 Å². The number of hydrogen-bond acceptors (Lipinski definition) is 3. The van der Waals surface area contributed by atoms with E-state index in [1.807, 2.05) is 18.2 Å². The zero-order chi connectivity index (χ0) is 16.8. The maximum Gasteiger partial charge on any atom is 0.223 e. The Hall–Kier alpha value is -1.81. The lowest BCUT2D eigenvalue weighted by Gasteiger charge is -2.39. The van der Waals surface area contributed by atoms with Gasteiger partial charge in [0.05, 0.1) is 7.11 Å². The van der Waals surface area contributed by atoms with Crippen LogP contribution >= 0.6 is 0 Å². The van der Waals surface area contributed by atoms with Crippen molar-refractivity contribution in [1.82, 2.24) is 5.32 Å². The maximum atomic E-state index is 12.6. The molecule has 1 aliphatic carbocycles. The molecule has 1 aromatic carbocycles. The van der Waals surface area contributed by atoms with Crippen molar-refractivity contribution in [3.63, 3.8) is 0 Å². The SMILES string of the molecule is COc1ccccc1C1(CNC(=O)[C@@H]2CC=CCC2)CCOCC1. The summed E-state index contributed by atoms with van der Waals surface area (Å²) in [5, 5.41) is 3.23. The van der Waals surface area contributed by atoms with Gasteiger partial charge in [0.2, 0.25) is 5.91 Å². The summed E-state index contributed by atoms with van der Waals surface area (Å²) in [4.78, 5) is 12.6. The Morgan fingerprint density at radius 2 is 2.08 bits per heavy atom. The molecule has 1 aliphatic heterocycles. The number of methoxy groups -OCH3 is 1. The molecule has 0 bridgehead atoms. The van der Waals surface area contributed by atoms with Gasteiger partial charge in [0.15, 0.2) is 0 Å². The predicted octanol–water partition coefficient (Wildman–Crippen LogP) is 3.22. The first-order valence-electron chi connectivity index (χ1n) is 8.89. The fourth-order valence-electron chi connectivity index (χ4n) is 3.82. The van der Waals surface area contributed by atoms with Gasteiger partial charge in [-0.3, -0.25) is 4.79 Å². The average molecular weight is 329 g/mol. The molecule has 4 nitrogen and oxygen atoms in total. The Morgan fingerprint density at radius 1 is 1.29 bits per heavy atom. The minimum Gasteiger partial charge on any atom is -0.496 e. The molecule has 130 valence electrons. The summed E-state index contributed by atoms with van der Waals surface area (Å²) in [6.07, 6.45) is 8.90. The van der Waals surface area contributed by atoms with Crippen molar-refractivity contribution in [3.05, 3.63) is 42.0 Å². The van der Waals surface area contributed by atoms with Gasteiger partial charge in [0.1, 0.15) is 5.75 Å². The first-order chi connectivity index (χ1) is 11.7. The van der Waals surface area contributed by atoms with Gasteiger partial charge in [-0.2, -0.15) is 0 Å². The van der Waals surface area contributed by atoms with Crippen molar-refractivity contribution < 1.29 is 14.3 Å². The van der Waals surface area contributed by atoms with Crippen molar-refractivity contribution >= 4 is 5.91 Å². The van der Waals surface area contributed by atoms with E-state index in [-0.39, 0.29) is 17.2 Å². The molecule has 0 radical (unpaired) electrons. The van der Waals surface area contributed by atoms with Crippen molar-refractivity contribution in [2.24, 2.45) is 5.92 Å². The fourth-order valence-corrected chi connectivity index (χ4v) is 3.82. The van der Waals surface area contributed by atoms with Crippen LogP contribution in [-0.2, 0) is 14.9 Å². The Balaban J connectivity index is 1.76. The van der Waals surface area contributed by atoms with Gasteiger partial charge in [0.25, 0.3) is 0 Å². The molecule has 4 heteroatoms. The van der Waals surface area contributed by atoms with Gasteiger partial charge < -0.3 is 14.8 Å². The Labute approximate surface area is 144 Å². The number of rotatable bonds is 5. The average Bonchev–Trinajstić information content (AvgIpc) is 2.67. The van der Waals surface area contributed by atoms with Crippen molar-refractivity contribution in [2.75, 3.05) is 26.9 Å². The second-order valence-electron chi connectivity index (χ2n) is 6.79. The zero-order valence-corrected chi connectivity index (χ0v) is 14.4. The molecular weight excluding hydrogens is 302 g/mol. The topological polar surface area (TPSA) is 47.6 Å². The van der Waals surface area contributed by atoms with E-state index in [2.05, 4.69) is 23.5 Å². The van der Waals surface area contributed by atoms with E-state index in [1.54, 1.807) is 7.11 Å². The van der Waals surface area contributed by atoms with E-state index < -0.39 is 0 Å². The van der Waals surface area contributed by atoms with Crippen LogP contribution in [0.5, 0.6) is 5.75 Å². The third-order valence-electron chi connectivity index (χ3n) is 5.37. The first-order valence-corrected chi connectivity index (χ1v) is 8.89. The van der Waals surface area contributed by atoms with Crippen LogP contribution < -0.4 is 10.1 Å². The van der Waals surface area contributed by atoms with Crippen molar-refractivity contribution in [3.8, 4) is 5.75 Å². The smallest absolute Gasteiger partial charge is 0.223 e. The molecule has 0 aromatic heterocycles. The molecule has 0 unspecified atom stereocenters. The summed E-state index contributed by atoms with van der Waals surface area (Å²) in [6.45, 7) is 2.09. The Bertz CT molecular complexity index is 590. The highest BCUT2D eigenvalue weighted by atomic mass is 16.5. The standard InChI is InChI=1S/C20H27NO3/c1-23-18-10-6-5-9-17(18)20(11-13-24-14-12-20)15-21-19(22)16-7-3-2-4-8-16/h2-3,5-6,9-10,16H,4,7-8,11-15H2,1H3,(H,21,22)/t16-/m1/s1. The number of benzene rings is 1. The van der Waals surface area contributed by atoms with Gasteiger partial charge in [-0.1, -0.05) is 30.4 Å². The highest BCUT2D eigenvalue weighted by molar-refractivity contribution is 5.79. The van der Waals surface area contributed by atoms with Crippen LogP contribution in [0.25, 0.3) is 0 Å². The molecule has 1 atom stereocenters. The summed E-state index contributed by atoms with van der Waals surface area (Å²) in [5.74, 6) is 1.19. The number of para-hydroxylation sites is 1. The highest BCUT2D eigenvalue weighted by Crippen LogP contribution is 2.39. The van der Waals surface area contributed by atoms with Gasteiger partial charge in [0, 0.05) is 36.7 Å². The monoisotopic (exact) mass is 329 g/mol. The molecular formula is C20H27NO3. The van der Waals surface area contributed by atoms with E-state index in [9.17, 15) is 4.79 Å². The van der Waals surface area contributed by atoms with E-state index in [0.717, 1.165) is 51.1 Å². The molecule has 1 saturated heterocycles. The van der Waals surface area contributed by atoms with Gasteiger partial charge in [-0.05, 0) is 38.2 Å². The lowest BCUT2D eigenvalue weighted by atomic mass is 9.73. The summed E-state index contributed by atoms with van der Waals surface area (Å²) >= 11 is 0. The lowest BCUT2D eigenvalue weighted by molar-refractivity contribution is -0.125. The summed E-state index contributed by atoms with van der Waals surface area (Å²) in [7, 11) is 1.71.